The monoisotopic (exact) mass is 251 g/mol. The lowest BCUT2D eigenvalue weighted by molar-refractivity contribution is 0.217. The molecule has 0 amide bonds. The molecule has 0 rings (SSSR count). The van der Waals surface area contributed by atoms with E-state index in [1.807, 2.05) is 0 Å². The molecule has 0 bridgehead atoms. The molecule has 0 aromatic heterocycles. The molecule has 5 heteroatoms. The van der Waals surface area contributed by atoms with Crippen molar-refractivity contribution in [1.29, 1.82) is 0 Å². The van der Waals surface area contributed by atoms with Crippen molar-refractivity contribution < 1.29 is 18.1 Å². The largest absolute Gasteiger partial charge is 0.746 e. The van der Waals surface area contributed by atoms with Crippen LogP contribution in [0.4, 0.5) is 0 Å². The zero-order valence-corrected chi connectivity index (χ0v) is 10.8. The fraction of sp³-hybridized carbons (Fsp3) is 1.00. The Labute approximate surface area is 98.8 Å². The third kappa shape index (κ3) is 9.12. The van der Waals surface area contributed by atoms with E-state index >= 15 is 0 Å². The van der Waals surface area contributed by atoms with Crippen molar-refractivity contribution in [3.8, 4) is 0 Å². The summed E-state index contributed by atoms with van der Waals surface area (Å²) in [4.78, 5) is 0. The van der Waals surface area contributed by atoms with Crippen LogP contribution in [0.5, 0.6) is 0 Å². The summed E-state index contributed by atoms with van der Waals surface area (Å²) in [6, 6.07) is 0. The van der Waals surface area contributed by atoms with E-state index in [-0.39, 0.29) is 6.42 Å². The van der Waals surface area contributed by atoms with Crippen molar-refractivity contribution in [3.63, 3.8) is 0 Å². The van der Waals surface area contributed by atoms with E-state index < -0.39 is 15.6 Å². The predicted molar refractivity (Wildman–Crippen MR) is 62.9 cm³/mol. The molecule has 1 atom stereocenters. The molecule has 0 aromatic carbocycles. The van der Waals surface area contributed by atoms with E-state index in [1.54, 1.807) is 0 Å². The Kier molecular flexibility index (Phi) is 8.89. The maximum Gasteiger partial charge on any atom is 0.143 e. The zero-order chi connectivity index (χ0) is 12.4. The molecule has 0 saturated carbocycles. The van der Waals surface area contributed by atoms with Crippen LogP contribution < -0.4 is 0 Å². The minimum Gasteiger partial charge on any atom is -0.746 e. The second-order valence-corrected chi connectivity index (χ2v) is 5.74. The van der Waals surface area contributed by atoms with Crippen LogP contribution in [0.2, 0.25) is 0 Å². The third-order valence-electron chi connectivity index (χ3n) is 2.64. The highest BCUT2D eigenvalue weighted by Gasteiger charge is 2.10. The van der Waals surface area contributed by atoms with E-state index in [4.69, 9.17) is 5.11 Å². The molecule has 0 aliphatic rings. The molecule has 0 aliphatic carbocycles. The first-order chi connectivity index (χ1) is 7.48. The molecule has 0 aliphatic heterocycles. The molecule has 4 nitrogen and oxygen atoms in total. The number of rotatable bonds is 10. The van der Waals surface area contributed by atoms with Gasteiger partial charge in [0.25, 0.3) is 0 Å². The highest BCUT2D eigenvalue weighted by molar-refractivity contribution is 7.86. The lowest BCUT2D eigenvalue weighted by Crippen LogP contribution is -2.19. The van der Waals surface area contributed by atoms with Crippen LogP contribution in [-0.2, 0) is 10.1 Å². The first kappa shape index (κ1) is 15.9. The van der Waals surface area contributed by atoms with Crippen LogP contribution in [0.1, 0.15) is 64.7 Å². The highest BCUT2D eigenvalue weighted by Crippen LogP contribution is 2.12. The van der Waals surface area contributed by atoms with Crippen molar-refractivity contribution in [2.75, 3.05) is 0 Å². The van der Waals surface area contributed by atoms with Gasteiger partial charge in [0.15, 0.2) is 0 Å². The van der Waals surface area contributed by atoms with Gasteiger partial charge in [0, 0.05) is 0 Å². The average molecular weight is 251 g/mol. The molecular formula is C11H23O4S-. The lowest BCUT2D eigenvalue weighted by atomic mass is 10.1. The van der Waals surface area contributed by atoms with Gasteiger partial charge in [-0.15, -0.1) is 0 Å². The van der Waals surface area contributed by atoms with E-state index in [9.17, 15) is 13.0 Å². The number of hydrogen-bond acceptors (Lipinski definition) is 4. The quantitative estimate of drug-likeness (QED) is 0.477. The third-order valence-corrected chi connectivity index (χ3v) is 3.54. The van der Waals surface area contributed by atoms with Crippen molar-refractivity contribution in [2.24, 2.45) is 0 Å². The molecule has 16 heavy (non-hydrogen) atoms. The van der Waals surface area contributed by atoms with Gasteiger partial charge in [0.05, 0.1) is 0 Å². The van der Waals surface area contributed by atoms with Gasteiger partial charge >= 0.3 is 0 Å². The molecule has 0 heterocycles. The van der Waals surface area contributed by atoms with Gasteiger partial charge in [-0.3, -0.25) is 0 Å². The van der Waals surface area contributed by atoms with Gasteiger partial charge in [-0.1, -0.05) is 51.9 Å². The second-order valence-electron chi connectivity index (χ2n) is 4.21. The Hall–Kier alpha value is -0.130. The van der Waals surface area contributed by atoms with Crippen molar-refractivity contribution in [2.45, 2.75) is 70.1 Å². The summed E-state index contributed by atoms with van der Waals surface area (Å²) < 4.78 is 31.1. The number of aliphatic hydroxyl groups excluding tert-OH is 1. The summed E-state index contributed by atoms with van der Waals surface area (Å²) in [5, 5.41) is 8.96. The van der Waals surface area contributed by atoms with Gasteiger partial charge in [0.2, 0.25) is 0 Å². The smallest absolute Gasteiger partial charge is 0.143 e. The van der Waals surface area contributed by atoms with Gasteiger partial charge < -0.3 is 9.66 Å². The number of unbranched alkanes of at least 4 members (excludes halogenated alkanes) is 7. The van der Waals surface area contributed by atoms with Crippen LogP contribution in [0, 0.1) is 0 Å². The molecule has 0 fully saturated rings. The van der Waals surface area contributed by atoms with Gasteiger partial charge in [0.1, 0.15) is 15.6 Å². The molecular weight excluding hydrogens is 228 g/mol. The van der Waals surface area contributed by atoms with Crippen LogP contribution in [0.15, 0.2) is 0 Å². The Bertz CT molecular complexity index is 249. The maximum atomic E-state index is 10.4. The summed E-state index contributed by atoms with van der Waals surface area (Å²) in [5.41, 5.74) is -1.72. The summed E-state index contributed by atoms with van der Waals surface area (Å²) in [7, 11) is -4.50. The van der Waals surface area contributed by atoms with Crippen molar-refractivity contribution in [3.05, 3.63) is 0 Å². The first-order valence-corrected chi connectivity index (χ1v) is 7.58. The van der Waals surface area contributed by atoms with E-state index in [0.29, 0.717) is 6.42 Å². The molecule has 1 N–H and O–H groups in total. The molecule has 98 valence electrons. The van der Waals surface area contributed by atoms with Gasteiger partial charge in [-0.2, -0.15) is 0 Å². The summed E-state index contributed by atoms with van der Waals surface area (Å²) in [5.74, 6) is 0. The van der Waals surface area contributed by atoms with E-state index in [1.165, 1.54) is 25.7 Å². The zero-order valence-electron chi connectivity index (χ0n) is 10.0. The Balaban J connectivity index is 3.28. The lowest BCUT2D eigenvalue weighted by Gasteiger charge is -2.14. The fourth-order valence-electron chi connectivity index (χ4n) is 1.60. The Morgan fingerprint density at radius 2 is 1.44 bits per heavy atom. The SMILES string of the molecule is CCCCCCCCCCC(O)S(=O)(=O)[O-]. The van der Waals surface area contributed by atoms with Crippen LogP contribution in [0.25, 0.3) is 0 Å². The second kappa shape index (κ2) is 8.96. The standard InChI is InChI=1S/C11H24O4S/c1-2-3-4-5-6-7-8-9-10-11(12)16(13,14)15/h11-12H,2-10H2,1H3,(H,13,14,15)/p-1. The minimum atomic E-state index is -4.50. The topological polar surface area (TPSA) is 77.4 Å². The van der Waals surface area contributed by atoms with Crippen molar-refractivity contribution >= 4 is 10.1 Å². The Morgan fingerprint density at radius 1 is 1.00 bits per heavy atom. The average Bonchev–Trinajstić information content (AvgIpc) is 2.20. The Morgan fingerprint density at radius 3 is 1.88 bits per heavy atom. The molecule has 1 unspecified atom stereocenters. The summed E-state index contributed by atoms with van der Waals surface area (Å²) in [6.45, 7) is 2.17. The van der Waals surface area contributed by atoms with E-state index in [0.717, 1.165) is 19.3 Å². The minimum absolute atomic E-state index is 0.0702. The normalized spacial score (nSPS) is 13.9. The van der Waals surface area contributed by atoms with Crippen LogP contribution in [-0.4, -0.2) is 23.5 Å². The van der Waals surface area contributed by atoms with Crippen molar-refractivity contribution in [1.82, 2.24) is 0 Å². The van der Waals surface area contributed by atoms with Crippen LogP contribution >= 0.6 is 0 Å². The molecule has 0 radical (unpaired) electrons. The van der Waals surface area contributed by atoms with Gasteiger partial charge in [-0.05, 0) is 12.8 Å². The highest BCUT2D eigenvalue weighted by atomic mass is 32.2. The molecule has 0 aromatic rings. The number of hydrogen-bond donors (Lipinski definition) is 1. The summed E-state index contributed by atoms with van der Waals surface area (Å²) in [6.07, 6.45) is 8.75. The van der Waals surface area contributed by atoms with Crippen LogP contribution in [0.3, 0.4) is 0 Å². The van der Waals surface area contributed by atoms with Gasteiger partial charge in [-0.25, -0.2) is 8.42 Å². The number of aliphatic hydroxyl groups is 1. The van der Waals surface area contributed by atoms with E-state index in [2.05, 4.69) is 6.92 Å². The first-order valence-electron chi connectivity index (χ1n) is 6.11. The molecule has 0 saturated heterocycles. The predicted octanol–water partition coefficient (Wildman–Crippen LogP) is 2.38. The summed E-state index contributed by atoms with van der Waals surface area (Å²) >= 11 is 0. The maximum absolute atomic E-state index is 10.4. The fourth-order valence-corrected chi connectivity index (χ4v) is 2.05. The molecule has 0 spiro atoms.